The van der Waals surface area contributed by atoms with Gasteiger partial charge in [-0.15, -0.1) is 0 Å². The van der Waals surface area contributed by atoms with Gasteiger partial charge < -0.3 is 15.4 Å². The molecule has 0 aromatic carbocycles. The van der Waals surface area contributed by atoms with Crippen molar-refractivity contribution in [2.24, 2.45) is 0 Å². The lowest BCUT2D eigenvalue weighted by molar-refractivity contribution is 0.0905. The molecule has 1 saturated heterocycles. The fourth-order valence-electron chi connectivity index (χ4n) is 3.55. The van der Waals surface area contributed by atoms with Gasteiger partial charge in [0.1, 0.15) is 0 Å². The van der Waals surface area contributed by atoms with E-state index in [4.69, 9.17) is 0 Å². The van der Waals surface area contributed by atoms with Crippen molar-refractivity contribution < 1.29 is 9.90 Å². The van der Waals surface area contributed by atoms with Gasteiger partial charge >= 0.3 is 0 Å². The third-order valence-corrected chi connectivity index (χ3v) is 4.66. The number of likely N-dealkylation sites (tertiary alicyclic amines) is 1. The number of aromatic nitrogens is 1. The number of aromatic amines is 1. The standard InChI is InChI=1S/C15H23N3O2/c1-10-7-16-8-12(10)15(20)17-13-3-2-4-14(13)18-6-5-11(19)9-18/h7-8,11,13-14,16,19H,2-6,9H2,1H3,(H,17,20)/t11?,13-,14+/m1/s1. The number of H-pyrrole nitrogens is 1. The first-order valence-corrected chi connectivity index (χ1v) is 7.51. The van der Waals surface area contributed by atoms with Crippen LogP contribution in [0.25, 0.3) is 0 Å². The highest BCUT2D eigenvalue weighted by molar-refractivity contribution is 5.95. The molecule has 2 aliphatic rings. The van der Waals surface area contributed by atoms with E-state index >= 15 is 0 Å². The van der Waals surface area contributed by atoms with Crippen molar-refractivity contribution in [2.75, 3.05) is 13.1 Å². The van der Waals surface area contributed by atoms with Crippen LogP contribution in [0.2, 0.25) is 0 Å². The Morgan fingerprint density at radius 3 is 2.90 bits per heavy atom. The second-order valence-electron chi connectivity index (χ2n) is 6.07. The summed E-state index contributed by atoms with van der Waals surface area (Å²) >= 11 is 0. The Morgan fingerprint density at radius 2 is 2.25 bits per heavy atom. The molecule has 5 nitrogen and oxygen atoms in total. The first kappa shape index (κ1) is 13.6. The molecule has 1 amide bonds. The van der Waals surface area contributed by atoms with Crippen molar-refractivity contribution in [1.29, 1.82) is 0 Å². The average molecular weight is 277 g/mol. The fraction of sp³-hybridized carbons (Fsp3) is 0.667. The molecule has 3 atom stereocenters. The van der Waals surface area contributed by atoms with Crippen molar-refractivity contribution in [2.45, 2.75) is 50.8 Å². The van der Waals surface area contributed by atoms with Gasteiger partial charge in [-0.2, -0.15) is 0 Å². The molecule has 3 N–H and O–H groups in total. The minimum Gasteiger partial charge on any atom is -0.392 e. The number of rotatable bonds is 3. The van der Waals surface area contributed by atoms with Gasteiger partial charge in [0.2, 0.25) is 0 Å². The van der Waals surface area contributed by atoms with Gasteiger partial charge in [0.25, 0.3) is 5.91 Å². The second kappa shape index (κ2) is 5.58. The van der Waals surface area contributed by atoms with E-state index in [9.17, 15) is 9.90 Å². The molecule has 110 valence electrons. The molecule has 2 fully saturated rings. The number of hydrogen-bond acceptors (Lipinski definition) is 3. The molecule has 1 aromatic rings. The summed E-state index contributed by atoms with van der Waals surface area (Å²) in [4.78, 5) is 17.6. The minimum atomic E-state index is -0.195. The number of aliphatic hydroxyl groups excluding tert-OH is 1. The predicted molar refractivity (Wildman–Crippen MR) is 76.6 cm³/mol. The summed E-state index contributed by atoms with van der Waals surface area (Å²) in [6.07, 6.45) is 7.56. The molecule has 2 heterocycles. The third kappa shape index (κ3) is 2.60. The number of amides is 1. The molecule has 1 unspecified atom stereocenters. The number of aryl methyl sites for hydroxylation is 1. The summed E-state index contributed by atoms with van der Waals surface area (Å²) < 4.78 is 0. The Bertz CT molecular complexity index is 485. The second-order valence-corrected chi connectivity index (χ2v) is 6.07. The Labute approximate surface area is 119 Å². The molecule has 1 aromatic heterocycles. The molecular formula is C15H23N3O2. The molecule has 1 saturated carbocycles. The molecule has 1 aliphatic heterocycles. The molecule has 0 bridgehead atoms. The zero-order chi connectivity index (χ0) is 14.1. The van der Waals surface area contributed by atoms with Crippen LogP contribution in [0, 0.1) is 6.92 Å². The summed E-state index contributed by atoms with van der Waals surface area (Å²) in [6, 6.07) is 0.595. The van der Waals surface area contributed by atoms with Gasteiger partial charge in [-0.1, -0.05) is 0 Å². The van der Waals surface area contributed by atoms with E-state index in [1.807, 2.05) is 13.1 Å². The molecule has 20 heavy (non-hydrogen) atoms. The lowest BCUT2D eigenvalue weighted by atomic mass is 10.1. The predicted octanol–water partition coefficient (Wildman–Crippen LogP) is 1.04. The summed E-state index contributed by atoms with van der Waals surface area (Å²) in [7, 11) is 0. The number of carbonyl (C=O) groups is 1. The van der Waals surface area contributed by atoms with E-state index in [0.717, 1.165) is 49.9 Å². The van der Waals surface area contributed by atoms with Crippen LogP contribution in [-0.2, 0) is 0 Å². The van der Waals surface area contributed by atoms with Crippen LogP contribution in [0.5, 0.6) is 0 Å². The fourth-order valence-corrected chi connectivity index (χ4v) is 3.55. The van der Waals surface area contributed by atoms with Gasteiger partial charge in [0, 0.05) is 37.6 Å². The molecule has 5 heteroatoms. The average Bonchev–Trinajstić information content (AvgIpc) is 3.10. The first-order chi connectivity index (χ1) is 9.65. The maximum absolute atomic E-state index is 12.3. The normalized spacial score (nSPS) is 30.8. The monoisotopic (exact) mass is 277 g/mol. The van der Waals surface area contributed by atoms with Crippen molar-refractivity contribution in [3.8, 4) is 0 Å². The topological polar surface area (TPSA) is 68.4 Å². The quantitative estimate of drug-likeness (QED) is 0.773. The van der Waals surface area contributed by atoms with Crippen molar-refractivity contribution in [3.05, 3.63) is 23.5 Å². The van der Waals surface area contributed by atoms with Gasteiger partial charge in [0.15, 0.2) is 0 Å². The van der Waals surface area contributed by atoms with E-state index < -0.39 is 0 Å². The summed E-state index contributed by atoms with van der Waals surface area (Å²) in [6.45, 7) is 3.63. The maximum atomic E-state index is 12.3. The summed E-state index contributed by atoms with van der Waals surface area (Å²) in [5, 5.41) is 12.9. The van der Waals surface area contributed by atoms with Crippen LogP contribution < -0.4 is 5.32 Å². The van der Waals surface area contributed by atoms with Crippen molar-refractivity contribution in [3.63, 3.8) is 0 Å². The number of hydrogen-bond donors (Lipinski definition) is 3. The van der Waals surface area contributed by atoms with Gasteiger partial charge in [-0.05, 0) is 38.2 Å². The van der Waals surface area contributed by atoms with Crippen LogP contribution in [0.4, 0.5) is 0 Å². The van der Waals surface area contributed by atoms with Gasteiger partial charge in [-0.25, -0.2) is 0 Å². The van der Waals surface area contributed by atoms with E-state index in [2.05, 4.69) is 15.2 Å². The van der Waals surface area contributed by atoms with E-state index in [0.29, 0.717) is 6.04 Å². The van der Waals surface area contributed by atoms with Crippen LogP contribution in [-0.4, -0.2) is 52.2 Å². The SMILES string of the molecule is Cc1c[nH]cc1C(=O)N[C@@H]1CCC[C@@H]1N1CCC(O)C1. The largest absolute Gasteiger partial charge is 0.392 e. The lowest BCUT2D eigenvalue weighted by Crippen LogP contribution is -2.48. The smallest absolute Gasteiger partial charge is 0.253 e. The minimum absolute atomic E-state index is 0.0143. The lowest BCUT2D eigenvalue weighted by Gasteiger charge is -2.29. The van der Waals surface area contributed by atoms with E-state index in [1.54, 1.807) is 6.20 Å². The highest BCUT2D eigenvalue weighted by Gasteiger charge is 2.36. The van der Waals surface area contributed by atoms with Crippen LogP contribution >= 0.6 is 0 Å². The first-order valence-electron chi connectivity index (χ1n) is 7.51. The molecular weight excluding hydrogens is 254 g/mol. The van der Waals surface area contributed by atoms with Crippen LogP contribution in [0.1, 0.15) is 41.6 Å². The van der Waals surface area contributed by atoms with Crippen LogP contribution in [0.3, 0.4) is 0 Å². The highest BCUT2D eigenvalue weighted by atomic mass is 16.3. The Balaban J connectivity index is 1.64. The number of nitrogens with one attached hydrogen (secondary N) is 2. The molecule has 0 spiro atoms. The molecule has 3 rings (SSSR count). The van der Waals surface area contributed by atoms with Gasteiger partial charge in [-0.3, -0.25) is 9.69 Å². The number of β-amino-alcohol motifs (C(OH)–C–C–N with tert-alkyl or cyclic N) is 1. The number of carbonyl (C=O) groups excluding carboxylic acids is 1. The summed E-state index contributed by atoms with van der Waals surface area (Å²) in [5.41, 5.74) is 1.71. The highest BCUT2D eigenvalue weighted by Crippen LogP contribution is 2.27. The zero-order valence-corrected chi connectivity index (χ0v) is 11.9. The van der Waals surface area contributed by atoms with E-state index in [-0.39, 0.29) is 18.1 Å². The van der Waals surface area contributed by atoms with Crippen molar-refractivity contribution in [1.82, 2.24) is 15.2 Å². The molecule has 0 radical (unpaired) electrons. The Morgan fingerprint density at radius 1 is 1.40 bits per heavy atom. The third-order valence-electron chi connectivity index (χ3n) is 4.66. The number of aliphatic hydroxyl groups is 1. The number of nitrogens with zero attached hydrogens (tertiary/aromatic N) is 1. The summed E-state index contributed by atoms with van der Waals surface area (Å²) in [5.74, 6) is 0.0143. The van der Waals surface area contributed by atoms with Gasteiger partial charge in [0.05, 0.1) is 11.7 Å². The molecule has 1 aliphatic carbocycles. The maximum Gasteiger partial charge on any atom is 0.253 e. The Kier molecular flexibility index (Phi) is 3.81. The van der Waals surface area contributed by atoms with Crippen LogP contribution in [0.15, 0.2) is 12.4 Å². The zero-order valence-electron chi connectivity index (χ0n) is 11.9. The van der Waals surface area contributed by atoms with Crippen molar-refractivity contribution >= 4 is 5.91 Å². The van der Waals surface area contributed by atoms with E-state index in [1.165, 1.54) is 0 Å². The Hall–Kier alpha value is -1.33.